The standard InChI is InChI=1S/C15H20N2O2/c1-19-13-4-2-3-12(8-13)17-15(14(16)18)9-10-5-6-11(15)7-10/h2-4,8,10-11,17H,5-7,9H2,1H3,(H2,16,18). The molecule has 1 amide bonds. The third-order valence-electron chi connectivity index (χ3n) is 4.73. The second-order valence-corrected chi connectivity index (χ2v) is 5.77. The van der Waals surface area contributed by atoms with Crippen LogP contribution < -0.4 is 15.8 Å². The molecule has 1 aromatic rings. The van der Waals surface area contributed by atoms with E-state index in [1.165, 1.54) is 6.42 Å². The van der Waals surface area contributed by atoms with Crippen LogP contribution in [0.1, 0.15) is 25.7 Å². The van der Waals surface area contributed by atoms with Crippen molar-refractivity contribution in [3.8, 4) is 5.75 Å². The number of hydrogen-bond donors (Lipinski definition) is 2. The van der Waals surface area contributed by atoms with E-state index >= 15 is 0 Å². The van der Waals surface area contributed by atoms with Gasteiger partial charge in [-0.3, -0.25) is 4.79 Å². The predicted molar refractivity (Wildman–Crippen MR) is 74.0 cm³/mol. The number of carbonyl (C=O) groups is 1. The van der Waals surface area contributed by atoms with E-state index in [0.717, 1.165) is 30.7 Å². The third kappa shape index (κ3) is 1.95. The molecule has 4 nitrogen and oxygen atoms in total. The van der Waals surface area contributed by atoms with E-state index in [1.807, 2.05) is 24.3 Å². The first kappa shape index (κ1) is 12.3. The Morgan fingerprint density at radius 2 is 2.32 bits per heavy atom. The van der Waals surface area contributed by atoms with Crippen LogP contribution in [0.5, 0.6) is 5.75 Å². The molecule has 0 aliphatic heterocycles. The van der Waals surface area contributed by atoms with Crippen molar-refractivity contribution in [3.05, 3.63) is 24.3 Å². The highest BCUT2D eigenvalue weighted by molar-refractivity contribution is 5.89. The molecule has 0 heterocycles. The Morgan fingerprint density at radius 1 is 1.47 bits per heavy atom. The summed E-state index contributed by atoms with van der Waals surface area (Å²) in [6.07, 6.45) is 4.33. The van der Waals surface area contributed by atoms with Crippen LogP contribution in [0, 0.1) is 11.8 Å². The fourth-order valence-electron chi connectivity index (χ4n) is 3.80. The molecule has 4 heteroatoms. The van der Waals surface area contributed by atoms with Crippen LogP contribution >= 0.6 is 0 Å². The van der Waals surface area contributed by atoms with Crippen molar-refractivity contribution in [2.45, 2.75) is 31.2 Å². The maximum absolute atomic E-state index is 12.0. The topological polar surface area (TPSA) is 64.3 Å². The minimum atomic E-state index is -0.560. The number of carbonyl (C=O) groups excluding carboxylic acids is 1. The number of fused-ring (bicyclic) bond motifs is 2. The quantitative estimate of drug-likeness (QED) is 0.872. The third-order valence-corrected chi connectivity index (χ3v) is 4.73. The van der Waals surface area contributed by atoms with Crippen molar-refractivity contribution in [2.75, 3.05) is 12.4 Å². The molecule has 19 heavy (non-hydrogen) atoms. The Hall–Kier alpha value is -1.71. The molecule has 2 aliphatic carbocycles. The Balaban J connectivity index is 1.88. The summed E-state index contributed by atoms with van der Waals surface area (Å²) >= 11 is 0. The Labute approximate surface area is 113 Å². The summed E-state index contributed by atoms with van der Waals surface area (Å²) in [5, 5.41) is 3.41. The number of nitrogens with one attached hydrogen (secondary N) is 1. The van der Waals surface area contributed by atoms with Gasteiger partial charge in [-0.05, 0) is 49.7 Å². The molecule has 2 aliphatic rings. The molecular formula is C15H20N2O2. The lowest BCUT2D eigenvalue weighted by Gasteiger charge is -2.36. The molecule has 0 aromatic heterocycles. The van der Waals surface area contributed by atoms with Gasteiger partial charge in [0.2, 0.25) is 5.91 Å². The molecule has 3 rings (SSSR count). The van der Waals surface area contributed by atoms with Gasteiger partial charge >= 0.3 is 0 Å². The van der Waals surface area contributed by atoms with Crippen molar-refractivity contribution < 1.29 is 9.53 Å². The van der Waals surface area contributed by atoms with Crippen LogP contribution in [0.25, 0.3) is 0 Å². The van der Waals surface area contributed by atoms with Gasteiger partial charge in [-0.1, -0.05) is 6.07 Å². The van der Waals surface area contributed by atoms with Crippen LogP contribution in [0.4, 0.5) is 5.69 Å². The van der Waals surface area contributed by atoms with Crippen LogP contribution in [0.2, 0.25) is 0 Å². The second kappa shape index (κ2) is 4.44. The van der Waals surface area contributed by atoms with Crippen molar-refractivity contribution in [1.29, 1.82) is 0 Å². The van der Waals surface area contributed by atoms with E-state index in [2.05, 4.69) is 5.32 Å². The van der Waals surface area contributed by atoms with Gasteiger partial charge in [-0.25, -0.2) is 0 Å². The largest absolute Gasteiger partial charge is 0.497 e. The fourth-order valence-corrected chi connectivity index (χ4v) is 3.80. The molecule has 0 spiro atoms. The number of nitrogens with two attached hydrogens (primary N) is 1. The van der Waals surface area contributed by atoms with E-state index in [1.54, 1.807) is 7.11 Å². The summed E-state index contributed by atoms with van der Waals surface area (Å²) < 4.78 is 5.22. The van der Waals surface area contributed by atoms with E-state index in [4.69, 9.17) is 10.5 Å². The number of rotatable bonds is 4. The first-order chi connectivity index (χ1) is 9.14. The summed E-state index contributed by atoms with van der Waals surface area (Å²) in [5.41, 5.74) is 6.05. The molecule has 0 radical (unpaired) electrons. The number of methoxy groups -OCH3 is 1. The second-order valence-electron chi connectivity index (χ2n) is 5.77. The number of benzene rings is 1. The van der Waals surface area contributed by atoms with Gasteiger partial charge in [-0.15, -0.1) is 0 Å². The Bertz CT molecular complexity index is 503. The lowest BCUT2D eigenvalue weighted by Crippen LogP contribution is -2.54. The zero-order valence-electron chi connectivity index (χ0n) is 11.2. The van der Waals surface area contributed by atoms with Crippen molar-refractivity contribution >= 4 is 11.6 Å². The van der Waals surface area contributed by atoms with Gasteiger partial charge in [-0.2, -0.15) is 0 Å². The molecule has 102 valence electrons. The van der Waals surface area contributed by atoms with Crippen LogP contribution in [-0.4, -0.2) is 18.6 Å². The summed E-state index contributed by atoms with van der Waals surface area (Å²) in [7, 11) is 1.64. The molecule has 2 saturated carbocycles. The van der Waals surface area contributed by atoms with E-state index < -0.39 is 5.54 Å². The van der Waals surface area contributed by atoms with Gasteiger partial charge < -0.3 is 15.8 Å². The van der Waals surface area contributed by atoms with Gasteiger partial charge in [0.15, 0.2) is 0 Å². The number of amides is 1. The van der Waals surface area contributed by atoms with Gasteiger partial charge in [0, 0.05) is 11.8 Å². The fraction of sp³-hybridized carbons (Fsp3) is 0.533. The average molecular weight is 260 g/mol. The molecule has 3 N–H and O–H groups in total. The van der Waals surface area contributed by atoms with Gasteiger partial charge in [0.1, 0.15) is 11.3 Å². The van der Waals surface area contributed by atoms with Crippen molar-refractivity contribution in [3.63, 3.8) is 0 Å². The van der Waals surface area contributed by atoms with Crippen molar-refractivity contribution in [1.82, 2.24) is 0 Å². The lowest BCUT2D eigenvalue weighted by atomic mass is 9.80. The first-order valence-electron chi connectivity index (χ1n) is 6.86. The Morgan fingerprint density at radius 3 is 2.89 bits per heavy atom. The van der Waals surface area contributed by atoms with E-state index in [9.17, 15) is 4.79 Å². The van der Waals surface area contributed by atoms with Crippen LogP contribution in [0.3, 0.4) is 0 Å². The number of anilines is 1. The zero-order valence-corrected chi connectivity index (χ0v) is 11.2. The highest BCUT2D eigenvalue weighted by atomic mass is 16.5. The highest BCUT2D eigenvalue weighted by Crippen LogP contribution is 2.52. The normalized spacial score (nSPS) is 32.3. The maximum atomic E-state index is 12.0. The van der Waals surface area contributed by atoms with E-state index in [-0.39, 0.29) is 5.91 Å². The monoisotopic (exact) mass is 260 g/mol. The summed E-state index contributed by atoms with van der Waals surface area (Å²) in [6, 6.07) is 7.68. The first-order valence-corrected chi connectivity index (χ1v) is 6.86. The molecule has 2 bridgehead atoms. The molecule has 1 aromatic carbocycles. The maximum Gasteiger partial charge on any atom is 0.243 e. The zero-order chi connectivity index (χ0) is 13.5. The molecular weight excluding hydrogens is 240 g/mol. The molecule has 0 saturated heterocycles. The average Bonchev–Trinajstić information content (AvgIpc) is 3.00. The lowest BCUT2D eigenvalue weighted by molar-refractivity contribution is -0.123. The minimum absolute atomic E-state index is 0.220. The van der Waals surface area contributed by atoms with Gasteiger partial charge in [0.25, 0.3) is 0 Å². The van der Waals surface area contributed by atoms with Crippen LogP contribution in [0.15, 0.2) is 24.3 Å². The van der Waals surface area contributed by atoms with Crippen molar-refractivity contribution in [2.24, 2.45) is 17.6 Å². The predicted octanol–water partition coefficient (Wildman–Crippen LogP) is 2.15. The number of ether oxygens (including phenoxy) is 1. The van der Waals surface area contributed by atoms with Crippen LogP contribution in [-0.2, 0) is 4.79 Å². The molecule has 2 fully saturated rings. The number of primary amides is 1. The molecule has 3 unspecified atom stereocenters. The summed E-state index contributed by atoms with van der Waals surface area (Å²) in [6.45, 7) is 0. The van der Waals surface area contributed by atoms with Gasteiger partial charge in [0.05, 0.1) is 7.11 Å². The summed E-state index contributed by atoms with van der Waals surface area (Å²) in [5.74, 6) is 1.59. The summed E-state index contributed by atoms with van der Waals surface area (Å²) in [4.78, 5) is 12.0. The van der Waals surface area contributed by atoms with E-state index in [0.29, 0.717) is 11.8 Å². The SMILES string of the molecule is COc1cccc(NC2(C(N)=O)CC3CCC2C3)c1. The Kier molecular flexibility index (Phi) is 2.88. The molecule has 3 atom stereocenters. The highest BCUT2D eigenvalue weighted by Gasteiger charge is 2.54. The smallest absolute Gasteiger partial charge is 0.243 e. The minimum Gasteiger partial charge on any atom is -0.497 e. The number of hydrogen-bond acceptors (Lipinski definition) is 3.